The number of aliphatic hydroxyl groups excluding tert-OH is 5. The Hall–Kier alpha value is -5.17. The summed E-state index contributed by atoms with van der Waals surface area (Å²) in [5, 5.41) is 72.4. The number of allylic oxidation sites excluding steroid dienone is 4. The highest BCUT2D eigenvalue weighted by atomic mass is 16.6. The Balaban J connectivity index is 1.21. The molecule has 10 unspecified atom stereocenters. The number of aldehydes is 1. The average Bonchev–Trinajstić information content (AvgIpc) is 4.17. The lowest BCUT2D eigenvalue weighted by Gasteiger charge is -2.61. The van der Waals surface area contributed by atoms with E-state index in [9.17, 15) is 45.0 Å². The first-order chi connectivity index (χ1) is 36.9. The van der Waals surface area contributed by atoms with E-state index in [4.69, 9.17) is 23.7 Å². The van der Waals surface area contributed by atoms with Crippen molar-refractivity contribution in [1.82, 2.24) is 9.88 Å². The number of aromatic amines is 1. The van der Waals surface area contributed by atoms with Gasteiger partial charge in [-0.1, -0.05) is 43.9 Å². The van der Waals surface area contributed by atoms with Crippen LogP contribution in [0.2, 0.25) is 0 Å². The number of hydrogen-bond acceptors (Lipinski definition) is 15. The Labute approximate surface area is 444 Å². The van der Waals surface area contributed by atoms with Crippen LogP contribution in [-0.2, 0) is 43.3 Å². The highest BCUT2D eigenvalue weighted by Gasteiger charge is 2.69. The van der Waals surface area contributed by atoms with Crippen LogP contribution in [0.4, 0.5) is 0 Å². The quantitative estimate of drug-likeness (QED) is 0.0358. The highest BCUT2D eigenvalue weighted by molar-refractivity contribution is 6.11. The van der Waals surface area contributed by atoms with Crippen LogP contribution in [0.5, 0.6) is 17.2 Å². The van der Waals surface area contributed by atoms with Crippen LogP contribution < -0.4 is 14.2 Å². The third kappa shape index (κ3) is 9.27. The number of esters is 1. The number of aromatic nitrogens is 1. The number of benzene rings is 2. The van der Waals surface area contributed by atoms with Crippen LogP contribution in [0.15, 0.2) is 65.1 Å². The zero-order valence-electron chi connectivity index (χ0n) is 44.2. The number of Topliss-reactive ketones (excluding diaryl/α,β-unsaturated/α-hetero) is 1. The van der Waals surface area contributed by atoms with E-state index in [1.807, 2.05) is 36.5 Å². The number of ketones is 1. The van der Waals surface area contributed by atoms with E-state index >= 15 is 0 Å². The van der Waals surface area contributed by atoms with Crippen molar-refractivity contribution in [3.05, 3.63) is 92.9 Å². The molecule has 2 bridgehead atoms. The van der Waals surface area contributed by atoms with Crippen LogP contribution in [0.1, 0.15) is 112 Å². The summed E-state index contributed by atoms with van der Waals surface area (Å²) in [5.41, 5.74) is 1.50. The first kappa shape index (κ1) is 54.2. The van der Waals surface area contributed by atoms with Crippen LogP contribution >= 0.6 is 0 Å². The normalized spacial score (nSPS) is 29.4. The maximum absolute atomic E-state index is 14.7. The minimum atomic E-state index is -1.72. The lowest BCUT2D eigenvalue weighted by molar-refractivity contribution is -0.202. The Bertz CT molecular complexity index is 2830. The number of nitrogens with one attached hydrogen (secondary N) is 1. The lowest BCUT2D eigenvalue weighted by atomic mass is 9.49. The fourth-order valence-electron chi connectivity index (χ4n) is 14.4. The summed E-state index contributed by atoms with van der Waals surface area (Å²) in [6.07, 6.45) is 13.5. The number of piperidine rings is 1. The molecule has 1 saturated carbocycles. The summed E-state index contributed by atoms with van der Waals surface area (Å²) in [4.78, 5) is 48.5. The maximum Gasteiger partial charge on any atom is 0.375 e. The van der Waals surface area contributed by atoms with Crippen molar-refractivity contribution >= 4 is 34.5 Å². The molecule has 16 heteroatoms. The van der Waals surface area contributed by atoms with Crippen LogP contribution in [-0.4, -0.2) is 142 Å². The average molecular weight is 1050 g/mol. The predicted molar refractivity (Wildman–Crippen MR) is 282 cm³/mol. The Morgan fingerprint density at radius 1 is 1.05 bits per heavy atom. The Morgan fingerprint density at radius 2 is 1.89 bits per heavy atom. The van der Waals surface area contributed by atoms with E-state index in [0.29, 0.717) is 69.2 Å². The molecule has 0 radical (unpaired) electrons. The number of aryl methyl sites for hydroxylation is 1. The number of aliphatic hydroxyl groups is 6. The standard InChI is InChI=1S/C60H76N2O14/c1-4-6-7-9-49(68)43-25-39-28-62(18-8-21-72-3)19-14-47(39)60(71)52(43)35(15-20-63)12-16-59(60)27-44-54(76-59)46(32-67)56-51-50(45(31-66)57(75-56)58(70)73-5-2)38-22-40(30-65)53(69)42(24-38)41-23-37-13-17-61-48(37)26-36(41)11-10-34(29-64)33-74-55(44)51/h12-13,16-17,23,25-26,31,34-35,39-40,42,47,49,52,61,63-65,67-68,71H,4-11,14-15,18-22,24,27-30,32-33H2,1-3H3. The number of methoxy groups -OCH3 is 1. The number of hydrogen-bond donors (Lipinski definition) is 7. The minimum Gasteiger partial charge on any atom is -0.492 e. The molecule has 1 spiro atoms. The summed E-state index contributed by atoms with van der Waals surface area (Å²) in [6, 6.07) is 5.96. The van der Waals surface area contributed by atoms with Gasteiger partial charge in [0.1, 0.15) is 28.6 Å². The molecule has 7 aliphatic rings. The van der Waals surface area contributed by atoms with Crippen molar-refractivity contribution in [1.29, 1.82) is 0 Å². The fourth-order valence-corrected chi connectivity index (χ4v) is 14.4. The fraction of sp³-hybridized carbons (Fsp3) is 0.583. The molecule has 76 heavy (non-hydrogen) atoms. The van der Waals surface area contributed by atoms with Gasteiger partial charge in [0.25, 0.3) is 0 Å². The molecule has 10 rings (SSSR count). The molecule has 0 amide bonds. The minimum absolute atomic E-state index is 0.00242. The summed E-state index contributed by atoms with van der Waals surface area (Å²) in [7, 11) is 1.69. The van der Waals surface area contributed by atoms with Gasteiger partial charge in [-0.05, 0) is 123 Å². The number of rotatable bonds is 17. The molecule has 2 fully saturated rings. The summed E-state index contributed by atoms with van der Waals surface area (Å²) in [5.74, 6) is -4.97. The Kier molecular flexibility index (Phi) is 16.2. The first-order valence-corrected chi connectivity index (χ1v) is 27.8. The summed E-state index contributed by atoms with van der Waals surface area (Å²) < 4.78 is 32.2. The monoisotopic (exact) mass is 1050 g/mol. The number of nitrogens with zero attached hydrogens (tertiary/aromatic N) is 1. The molecule has 16 nitrogen and oxygen atoms in total. The van der Waals surface area contributed by atoms with E-state index in [2.05, 4.69) is 22.9 Å². The predicted octanol–water partition coefficient (Wildman–Crippen LogP) is 5.96. The molecule has 10 atom stereocenters. The third-order valence-electron chi connectivity index (χ3n) is 18.0. The van der Waals surface area contributed by atoms with Crippen molar-refractivity contribution in [3.8, 4) is 17.2 Å². The maximum atomic E-state index is 14.7. The second kappa shape index (κ2) is 22.7. The van der Waals surface area contributed by atoms with Crippen molar-refractivity contribution in [2.24, 2.45) is 35.5 Å². The molecular formula is C60H76N2O14. The van der Waals surface area contributed by atoms with Crippen molar-refractivity contribution in [2.75, 3.05) is 66.4 Å². The summed E-state index contributed by atoms with van der Waals surface area (Å²) >= 11 is 0. The van der Waals surface area contributed by atoms with Gasteiger partial charge < -0.3 is 64.2 Å². The van der Waals surface area contributed by atoms with Gasteiger partial charge in [-0.2, -0.15) is 0 Å². The second-order valence-corrected chi connectivity index (χ2v) is 22.3. The van der Waals surface area contributed by atoms with E-state index in [1.54, 1.807) is 14.0 Å². The van der Waals surface area contributed by atoms with Gasteiger partial charge in [0.05, 0.1) is 49.2 Å². The molecule has 5 heterocycles. The van der Waals surface area contributed by atoms with Gasteiger partial charge in [-0.15, -0.1) is 0 Å². The van der Waals surface area contributed by atoms with Gasteiger partial charge in [0, 0.05) is 98.9 Å². The van der Waals surface area contributed by atoms with Gasteiger partial charge in [-0.25, -0.2) is 4.79 Å². The molecule has 410 valence electrons. The first-order valence-electron chi connectivity index (χ1n) is 27.8. The number of fused-ring (bicyclic) bond motifs is 11. The van der Waals surface area contributed by atoms with Crippen LogP contribution in [0.25, 0.3) is 16.5 Å². The molecule has 3 aliphatic carbocycles. The molecule has 2 aromatic carbocycles. The zero-order chi connectivity index (χ0) is 53.5. The van der Waals surface area contributed by atoms with Crippen molar-refractivity contribution in [2.45, 2.75) is 121 Å². The van der Waals surface area contributed by atoms with Crippen LogP contribution in [0.3, 0.4) is 0 Å². The van der Waals surface area contributed by atoms with Gasteiger partial charge in [0.2, 0.25) is 5.76 Å². The highest BCUT2D eigenvalue weighted by Crippen LogP contribution is 2.64. The van der Waals surface area contributed by atoms with E-state index in [1.165, 1.54) is 0 Å². The SMILES string of the molecule is CCCCCC(O)C1=CC2CN(CCCOC)CCC2C2(O)C1C(CCO)C=CC21Cc2c(c(CO)c3c4c2OCC(CO)CCc2cc5[nH]ccc5cc2C2CC(=C4C(C=O)=C(C(=O)OCC)O3)CC(CO)C2=O)O1. The van der Waals surface area contributed by atoms with Crippen LogP contribution in [0, 0.1) is 35.5 Å². The van der Waals surface area contributed by atoms with Crippen molar-refractivity contribution < 1.29 is 68.7 Å². The molecule has 7 N–H and O–H groups in total. The molecule has 3 aromatic rings. The number of ether oxygens (including phenoxy) is 5. The van der Waals surface area contributed by atoms with Gasteiger partial charge >= 0.3 is 5.97 Å². The summed E-state index contributed by atoms with van der Waals surface area (Å²) in [6.45, 7) is 4.79. The number of H-pyrrole nitrogens is 1. The zero-order valence-corrected chi connectivity index (χ0v) is 44.2. The van der Waals surface area contributed by atoms with Gasteiger partial charge in [-0.3, -0.25) is 9.59 Å². The van der Waals surface area contributed by atoms with E-state index in [0.717, 1.165) is 59.8 Å². The molecule has 1 aromatic heterocycles. The topological polar surface area (TPSA) is 238 Å². The van der Waals surface area contributed by atoms with E-state index in [-0.39, 0.29) is 103 Å². The number of carbonyl (C=O) groups is 3. The van der Waals surface area contributed by atoms with Gasteiger partial charge in [0.15, 0.2) is 11.9 Å². The smallest absolute Gasteiger partial charge is 0.375 e. The molecule has 1 saturated heterocycles. The van der Waals surface area contributed by atoms with E-state index < -0.39 is 71.8 Å². The number of unbranched alkanes of at least 4 members (excludes halogenated alkanes) is 2. The molecule has 4 aliphatic heterocycles. The largest absolute Gasteiger partial charge is 0.492 e. The number of likely N-dealkylation sites (tertiary alicyclic amines) is 1. The molecular weight excluding hydrogens is 973 g/mol. The second-order valence-electron chi connectivity index (χ2n) is 22.3. The van der Waals surface area contributed by atoms with Crippen molar-refractivity contribution in [3.63, 3.8) is 0 Å². The Morgan fingerprint density at radius 3 is 2.63 bits per heavy atom. The third-order valence-corrected chi connectivity index (χ3v) is 18.0. The number of carbonyl (C=O) groups excluding carboxylic acids is 3. The lowest BCUT2D eigenvalue weighted by Crippen LogP contribution is -2.72.